The van der Waals surface area contributed by atoms with Crippen molar-refractivity contribution in [3.63, 3.8) is 0 Å². The SMILES string of the molecule is CC(O)(C(=O)NCc1ccc(C(F)(F)F)c(Nc2nc3nc(OCC(F)F)c(C(=O)NC4CCC(C(F)(F)F)CC4)cc3[nH]2)c1)C(F)(F)F. The number of nitrogens with one attached hydrogen (secondary N) is 4. The van der Waals surface area contributed by atoms with Crippen molar-refractivity contribution in [2.45, 2.75) is 75.7 Å². The van der Waals surface area contributed by atoms with E-state index in [1.165, 1.54) is 0 Å². The van der Waals surface area contributed by atoms with Gasteiger partial charge in [0, 0.05) is 12.6 Å². The topological polar surface area (TPSA) is 141 Å². The molecular weight excluding hydrogens is 693 g/mol. The summed E-state index contributed by atoms with van der Waals surface area (Å²) in [4.78, 5) is 35.4. The molecule has 0 bridgehead atoms. The van der Waals surface area contributed by atoms with Crippen LogP contribution in [0.25, 0.3) is 11.2 Å². The van der Waals surface area contributed by atoms with Crippen molar-refractivity contribution in [2.24, 2.45) is 5.92 Å². The summed E-state index contributed by atoms with van der Waals surface area (Å²) in [5.74, 6) is -5.41. The Balaban J connectivity index is 1.60. The standard InChI is InChI=1S/C28H27F11N6O4/c1-25(48,28(37,38)39)23(47)40-10-12-2-7-16(27(34,35)36)17(8-12)42-24-43-18-9-15(22(44-20(18)45-24)49-11-19(29)30)21(46)41-14-5-3-13(4-6-14)26(31,32)33/h2,7-9,13-14,19,48H,3-6,10-11H2,1H3,(H,40,47)(H,41,46)(H2,42,43,44,45). The van der Waals surface area contributed by atoms with Crippen LogP contribution in [0.1, 0.15) is 54.1 Å². The average molecular weight is 721 g/mol. The lowest BCUT2D eigenvalue weighted by Crippen LogP contribution is -2.54. The fraction of sp³-hybridized carbons (Fsp3) is 0.500. The maximum atomic E-state index is 13.8. The number of fused-ring (bicyclic) bond motifs is 1. The summed E-state index contributed by atoms with van der Waals surface area (Å²) in [5, 5.41) is 16.1. The van der Waals surface area contributed by atoms with Gasteiger partial charge in [0.25, 0.3) is 18.2 Å². The fourth-order valence-corrected chi connectivity index (χ4v) is 4.89. The number of amides is 2. The summed E-state index contributed by atoms with van der Waals surface area (Å²) in [5.41, 5.74) is -6.76. The molecule has 10 nitrogen and oxygen atoms in total. The number of aliphatic hydroxyl groups is 1. The average Bonchev–Trinajstić information content (AvgIpc) is 3.38. The van der Waals surface area contributed by atoms with E-state index in [4.69, 9.17) is 4.74 Å². The molecule has 1 aromatic carbocycles. The number of rotatable bonds is 10. The molecule has 1 atom stereocenters. The smallest absolute Gasteiger partial charge is 0.426 e. The van der Waals surface area contributed by atoms with Crippen molar-refractivity contribution in [1.82, 2.24) is 25.6 Å². The first-order valence-electron chi connectivity index (χ1n) is 14.3. The molecule has 21 heteroatoms. The number of halogens is 11. The van der Waals surface area contributed by atoms with Crippen LogP contribution < -0.4 is 20.7 Å². The lowest BCUT2D eigenvalue weighted by molar-refractivity contribution is -0.245. The molecule has 1 fully saturated rings. The van der Waals surface area contributed by atoms with Crippen molar-refractivity contribution in [3.8, 4) is 5.88 Å². The van der Waals surface area contributed by atoms with Crippen LogP contribution in [0.4, 0.5) is 59.9 Å². The van der Waals surface area contributed by atoms with Gasteiger partial charge in [-0.15, -0.1) is 0 Å². The van der Waals surface area contributed by atoms with Crippen molar-refractivity contribution >= 4 is 34.6 Å². The Bertz CT molecular complexity index is 1660. The number of nitrogens with zero attached hydrogens (tertiary/aromatic N) is 2. The molecule has 0 spiro atoms. The third-order valence-electron chi connectivity index (χ3n) is 7.64. The number of carbonyl (C=O) groups is 2. The fourth-order valence-electron chi connectivity index (χ4n) is 4.89. The van der Waals surface area contributed by atoms with Gasteiger partial charge < -0.3 is 30.8 Å². The number of aromatic nitrogens is 3. The van der Waals surface area contributed by atoms with Gasteiger partial charge in [0.1, 0.15) is 5.56 Å². The lowest BCUT2D eigenvalue weighted by Gasteiger charge is -2.30. The molecule has 4 rings (SSSR count). The van der Waals surface area contributed by atoms with E-state index in [1.54, 1.807) is 5.32 Å². The number of anilines is 2. The number of aromatic amines is 1. The quantitative estimate of drug-likeness (QED) is 0.159. The number of alkyl halides is 11. The van der Waals surface area contributed by atoms with Crippen LogP contribution in [0.15, 0.2) is 24.3 Å². The van der Waals surface area contributed by atoms with E-state index in [1.807, 2.05) is 0 Å². The van der Waals surface area contributed by atoms with Gasteiger partial charge in [0.05, 0.1) is 22.7 Å². The summed E-state index contributed by atoms with van der Waals surface area (Å²) < 4.78 is 150. The van der Waals surface area contributed by atoms with Crippen molar-refractivity contribution in [2.75, 3.05) is 11.9 Å². The molecule has 1 saturated carbocycles. The van der Waals surface area contributed by atoms with E-state index in [9.17, 15) is 63.0 Å². The number of imidazole rings is 1. The molecule has 0 aliphatic heterocycles. The molecular formula is C28H27F11N6O4. The first-order valence-corrected chi connectivity index (χ1v) is 14.3. The van der Waals surface area contributed by atoms with Crippen molar-refractivity contribution in [3.05, 3.63) is 41.0 Å². The summed E-state index contributed by atoms with van der Waals surface area (Å²) in [6, 6.07) is 2.61. The van der Waals surface area contributed by atoms with Gasteiger partial charge in [0.15, 0.2) is 12.3 Å². The third kappa shape index (κ3) is 8.98. The number of carbonyl (C=O) groups excluding carboxylic acids is 2. The maximum Gasteiger partial charge on any atom is 0.426 e. The second-order valence-corrected chi connectivity index (χ2v) is 11.3. The maximum absolute atomic E-state index is 13.8. The van der Waals surface area contributed by atoms with E-state index in [-0.39, 0.29) is 49.3 Å². The van der Waals surface area contributed by atoms with Gasteiger partial charge in [-0.1, -0.05) is 6.07 Å². The Morgan fingerprint density at radius 1 is 1.00 bits per heavy atom. The number of benzene rings is 1. The summed E-state index contributed by atoms with van der Waals surface area (Å²) >= 11 is 0. The van der Waals surface area contributed by atoms with E-state index in [0.29, 0.717) is 6.07 Å². The Morgan fingerprint density at radius 2 is 1.65 bits per heavy atom. The van der Waals surface area contributed by atoms with Gasteiger partial charge in [0.2, 0.25) is 17.4 Å². The van der Waals surface area contributed by atoms with Gasteiger partial charge >= 0.3 is 18.5 Å². The van der Waals surface area contributed by atoms with Gasteiger partial charge in [-0.05, 0) is 56.4 Å². The first-order chi connectivity index (χ1) is 22.6. The summed E-state index contributed by atoms with van der Waals surface area (Å²) in [7, 11) is 0. The minimum atomic E-state index is -5.35. The molecule has 2 aromatic heterocycles. The summed E-state index contributed by atoms with van der Waals surface area (Å²) in [6.45, 7) is -1.76. The number of hydrogen-bond acceptors (Lipinski definition) is 7. The normalized spacial score (nSPS) is 18.7. The Kier molecular flexibility index (Phi) is 10.5. The van der Waals surface area contributed by atoms with Crippen molar-refractivity contribution < 1.29 is 67.7 Å². The molecule has 0 radical (unpaired) electrons. The molecule has 0 saturated heterocycles. The molecule has 1 aliphatic rings. The molecule has 2 amide bonds. The highest BCUT2D eigenvalue weighted by atomic mass is 19.4. The van der Waals surface area contributed by atoms with Crippen LogP contribution in [0.3, 0.4) is 0 Å². The summed E-state index contributed by atoms with van der Waals surface area (Å²) in [6.07, 6.45) is -18.3. The molecule has 5 N–H and O–H groups in total. The van der Waals surface area contributed by atoms with Crippen LogP contribution >= 0.6 is 0 Å². The van der Waals surface area contributed by atoms with Gasteiger partial charge in [-0.2, -0.15) is 49.5 Å². The Morgan fingerprint density at radius 3 is 2.22 bits per heavy atom. The first kappa shape index (κ1) is 37.4. The van der Waals surface area contributed by atoms with E-state index in [0.717, 1.165) is 18.2 Å². The minimum Gasteiger partial charge on any atom is -0.471 e. The highest BCUT2D eigenvalue weighted by Crippen LogP contribution is 2.39. The number of pyridine rings is 1. The molecule has 49 heavy (non-hydrogen) atoms. The van der Waals surface area contributed by atoms with Crippen LogP contribution in [-0.4, -0.2) is 68.9 Å². The van der Waals surface area contributed by atoms with Crippen molar-refractivity contribution in [1.29, 1.82) is 0 Å². The monoisotopic (exact) mass is 720 g/mol. The minimum absolute atomic E-state index is 0.0249. The zero-order chi connectivity index (χ0) is 36.5. The zero-order valence-electron chi connectivity index (χ0n) is 25.0. The third-order valence-corrected chi connectivity index (χ3v) is 7.64. The predicted octanol–water partition coefficient (Wildman–Crippen LogP) is 6.14. The number of H-pyrrole nitrogens is 1. The van der Waals surface area contributed by atoms with Crippen LogP contribution in [0.2, 0.25) is 0 Å². The Labute approximate surface area is 268 Å². The molecule has 3 aromatic rings. The number of hydrogen-bond donors (Lipinski definition) is 5. The highest BCUT2D eigenvalue weighted by Gasteiger charge is 2.55. The molecule has 1 unspecified atom stereocenters. The van der Waals surface area contributed by atoms with Gasteiger partial charge in [-0.25, -0.2) is 8.78 Å². The van der Waals surface area contributed by atoms with E-state index in [2.05, 4.69) is 25.6 Å². The second kappa shape index (κ2) is 13.8. The lowest BCUT2D eigenvalue weighted by atomic mass is 9.85. The second-order valence-electron chi connectivity index (χ2n) is 11.3. The molecule has 1 aliphatic carbocycles. The number of ether oxygens (including phenoxy) is 1. The van der Waals surface area contributed by atoms with Crippen LogP contribution in [0, 0.1) is 5.92 Å². The van der Waals surface area contributed by atoms with Crippen LogP contribution in [0.5, 0.6) is 5.88 Å². The largest absolute Gasteiger partial charge is 0.471 e. The highest BCUT2D eigenvalue weighted by molar-refractivity contribution is 5.99. The molecule has 270 valence electrons. The Hall–Kier alpha value is -4.43. The zero-order valence-corrected chi connectivity index (χ0v) is 25.0. The van der Waals surface area contributed by atoms with E-state index >= 15 is 0 Å². The predicted molar refractivity (Wildman–Crippen MR) is 148 cm³/mol. The molecule has 2 heterocycles. The van der Waals surface area contributed by atoms with E-state index < -0.39 is 96.1 Å². The van der Waals surface area contributed by atoms with Crippen LogP contribution in [-0.2, 0) is 17.5 Å². The van der Waals surface area contributed by atoms with Gasteiger partial charge in [-0.3, -0.25) is 9.59 Å².